The second kappa shape index (κ2) is 16.0. The van der Waals surface area contributed by atoms with Gasteiger partial charge in [-0.2, -0.15) is 0 Å². The maximum Gasteiger partial charge on any atom is 0.303 e. The first-order chi connectivity index (χ1) is 9.77. The molecule has 0 atom stereocenters. The van der Waals surface area contributed by atoms with Crippen LogP contribution < -0.4 is 0 Å². The fourth-order valence-electron chi connectivity index (χ4n) is 2.09. The highest BCUT2D eigenvalue weighted by molar-refractivity contribution is 5.66. The summed E-state index contributed by atoms with van der Waals surface area (Å²) in [5, 5.41) is 8.50. The van der Waals surface area contributed by atoms with Gasteiger partial charge in [0.05, 0.1) is 0 Å². The molecule has 0 aliphatic rings. The predicted molar refractivity (Wildman–Crippen MR) is 87.0 cm³/mol. The second-order valence-corrected chi connectivity index (χ2v) is 5.37. The Labute approximate surface area is 125 Å². The predicted octanol–water partition coefficient (Wildman–Crippen LogP) is 5.88. The summed E-state index contributed by atoms with van der Waals surface area (Å²) < 4.78 is 0. The van der Waals surface area contributed by atoms with Crippen molar-refractivity contribution in [2.45, 2.75) is 84.0 Å². The van der Waals surface area contributed by atoms with Gasteiger partial charge in [-0.1, -0.05) is 63.3 Å². The molecular weight excluding hydrogens is 248 g/mol. The zero-order chi connectivity index (χ0) is 14.9. The monoisotopic (exact) mass is 280 g/mol. The van der Waals surface area contributed by atoms with Gasteiger partial charge < -0.3 is 5.11 Å². The van der Waals surface area contributed by atoms with Crippen LogP contribution in [-0.2, 0) is 4.79 Å². The fraction of sp³-hybridized carbons (Fsp3) is 0.722. The molecular formula is C18H32O2. The molecule has 0 aliphatic heterocycles. The van der Waals surface area contributed by atoms with Crippen LogP contribution in [0.15, 0.2) is 24.3 Å². The van der Waals surface area contributed by atoms with Gasteiger partial charge in [0.25, 0.3) is 0 Å². The van der Waals surface area contributed by atoms with E-state index in [-0.39, 0.29) is 0 Å². The summed E-state index contributed by atoms with van der Waals surface area (Å²) in [4.78, 5) is 10.3. The van der Waals surface area contributed by atoms with Crippen LogP contribution in [0.2, 0.25) is 0 Å². The van der Waals surface area contributed by atoms with E-state index in [0.29, 0.717) is 6.42 Å². The van der Waals surface area contributed by atoms with Crippen molar-refractivity contribution in [3.05, 3.63) is 24.3 Å². The lowest BCUT2D eigenvalue weighted by Crippen LogP contribution is -1.93. The van der Waals surface area contributed by atoms with Crippen LogP contribution in [0.5, 0.6) is 0 Å². The molecule has 0 aromatic rings. The minimum absolute atomic E-state index is 0.318. The molecule has 0 fully saturated rings. The van der Waals surface area contributed by atoms with E-state index in [1.165, 1.54) is 38.5 Å². The van der Waals surface area contributed by atoms with Gasteiger partial charge in [0, 0.05) is 6.42 Å². The third-order valence-electron chi connectivity index (χ3n) is 3.34. The van der Waals surface area contributed by atoms with Crippen LogP contribution in [0.25, 0.3) is 0 Å². The molecule has 2 nitrogen and oxygen atoms in total. The van der Waals surface area contributed by atoms with E-state index in [2.05, 4.69) is 31.2 Å². The number of carbonyl (C=O) groups is 1. The van der Waals surface area contributed by atoms with Gasteiger partial charge in [0.2, 0.25) is 0 Å². The third-order valence-corrected chi connectivity index (χ3v) is 3.34. The second-order valence-electron chi connectivity index (χ2n) is 5.37. The van der Waals surface area contributed by atoms with Crippen molar-refractivity contribution in [3.63, 3.8) is 0 Å². The van der Waals surface area contributed by atoms with Crippen LogP contribution >= 0.6 is 0 Å². The van der Waals surface area contributed by atoms with Crippen molar-refractivity contribution in [1.82, 2.24) is 0 Å². The standard InChI is InChI=1S/C18H32O2/c1-2-3-4-5-6-7-8-9-10-11-12-13-14-15-16-17-18(19)20/h7-8,10-11H,2-6,9,12-17H2,1H3,(H,19,20)/b8-7-,11-10?. The molecule has 1 N–H and O–H groups in total. The van der Waals surface area contributed by atoms with Crippen molar-refractivity contribution >= 4 is 5.97 Å². The molecule has 0 aliphatic carbocycles. The van der Waals surface area contributed by atoms with Gasteiger partial charge in [0.15, 0.2) is 0 Å². The molecule has 0 saturated heterocycles. The zero-order valence-electron chi connectivity index (χ0n) is 13.2. The number of hydrogen-bond donors (Lipinski definition) is 1. The highest BCUT2D eigenvalue weighted by atomic mass is 16.4. The Morgan fingerprint density at radius 3 is 1.90 bits per heavy atom. The molecule has 20 heavy (non-hydrogen) atoms. The minimum Gasteiger partial charge on any atom is -0.481 e. The maximum atomic E-state index is 10.3. The first-order valence-electron chi connectivity index (χ1n) is 8.29. The summed E-state index contributed by atoms with van der Waals surface area (Å²) in [6, 6.07) is 0. The molecule has 0 saturated carbocycles. The van der Waals surface area contributed by atoms with Crippen molar-refractivity contribution in [2.24, 2.45) is 0 Å². The van der Waals surface area contributed by atoms with Crippen LogP contribution in [0.1, 0.15) is 84.0 Å². The van der Waals surface area contributed by atoms with E-state index in [0.717, 1.165) is 32.1 Å². The number of rotatable bonds is 14. The third kappa shape index (κ3) is 16.9. The molecule has 0 radical (unpaired) electrons. The number of hydrogen-bond acceptors (Lipinski definition) is 1. The van der Waals surface area contributed by atoms with Gasteiger partial charge in [-0.05, 0) is 38.5 Å². The fourth-order valence-corrected chi connectivity index (χ4v) is 2.09. The maximum absolute atomic E-state index is 10.3. The average Bonchev–Trinajstić information content (AvgIpc) is 2.43. The minimum atomic E-state index is -0.675. The molecule has 2 heteroatoms. The van der Waals surface area contributed by atoms with Crippen LogP contribution in [0.4, 0.5) is 0 Å². The van der Waals surface area contributed by atoms with E-state index < -0.39 is 5.97 Å². The van der Waals surface area contributed by atoms with Gasteiger partial charge >= 0.3 is 5.97 Å². The Morgan fingerprint density at radius 1 is 0.800 bits per heavy atom. The number of carboxylic acids is 1. The summed E-state index contributed by atoms with van der Waals surface area (Å²) >= 11 is 0. The molecule has 0 heterocycles. The van der Waals surface area contributed by atoms with E-state index >= 15 is 0 Å². The Kier molecular flexibility index (Phi) is 15.2. The number of aliphatic carboxylic acids is 1. The number of carboxylic acid groups (broad SMARTS) is 1. The van der Waals surface area contributed by atoms with Gasteiger partial charge in [-0.3, -0.25) is 4.79 Å². The smallest absolute Gasteiger partial charge is 0.303 e. The number of allylic oxidation sites excluding steroid dienone is 4. The summed E-state index contributed by atoms with van der Waals surface area (Å²) in [7, 11) is 0. The quantitative estimate of drug-likeness (QED) is 0.318. The average molecular weight is 280 g/mol. The van der Waals surface area contributed by atoms with Gasteiger partial charge in [-0.25, -0.2) is 0 Å². The van der Waals surface area contributed by atoms with Gasteiger partial charge in [-0.15, -0.1) is 0 Å². The lowest BCUT2D eigenvalue weighted by molar-refractivity contribution is -0.137. The van der Waals surface area contributed by atoms with Crippen LogP contribution in [0.3, 0.4) is 0 Å². The van der Waals surface area contributed by atoms with Gasteiger partial charge in [0.1, 0.15) is 0 Å². The normalized spacial score (nSPS) is 11.7. The van der Waals surface area contributed by atoms with E-state index in [9.17, 15) is 4.79 Å². The van der Waals surface area contributed by atoms with Crippen LogP contribution in [-0.4, -0.2) is 11.1 Å². The summed E-state index contributed by atoms with van der Waals surface area (Å²) in [6.07, 6.45) is 22.3. The Morgan fingerprint density at radius 2 is 1.35 bits per heavy atom. The molecule has 116 valence electrons. The lowest BCUT2D eigenvalue weighted by Gasteiger charge is -1.96. The molecule has 0 unspecified atom stereocenters. The van der Waals surface area contributed by atoms with Crippen LogP contribution in [0, 0.1) is 0 Å². The van der Waals surface area contributed by atoms with E-state index in [1.807, 2.05) is 0 Å². The molecule has 0 bridgehead atoms. The summed E-state index contributed by atoms with van der Waals surface area (Å²) in [5.41, 5.74) is 0. The van der Waals surface area contributed by atoms with E-state index in [1.54, 1.807) is 0 Å². The molecule has 0 rings (SSSR count). The SMILES string of the molecule is CCCCCC/C=C\CC=CCCCCCCC(=O)O. The molecule has 0 aromatic carbocycles. The Bertz CT molecular complexity index is 267. The summed E-state index contributed by atoms with van der Waals surface area (Å²) in [5.74, 6) is -0.675. The van der Waals surface area contributed by atoms with Crippen molar-refractivity contribution in [3.8, 4) is 0 Å². The molecule has 0 aromatic heterocycles. The Hall–Kier alpha value is -1.05. The first-order valence-corrected chi connectivity index (χ1v) is 8.29. The lowest BCUT2D eigenvalue weighted by atomic mass is 10.1. The molecule has 0 amide bonds. The number of unbranched alkanes of at least 4 members (excludes halogenated alkanes) is 8. The highest BCUT2D eigenvalue weighted by Gasteiger charge is 1.95. The zero-order valence-corrected chi connectivity index (χ0v) is 13.2. The first kappa shape index (κ1) is 18.9. The van der Waals surface area contributed by atoms with E-state index in [4.69, 9.17) is 5.11 Å². The topological polar surface area (TPSA) is 37.3 Å². The molecule has 0 spiro atoms. The largest absolute Gasteiger partial charge is 0.481 e. The van der Waals surface area contributed by atoms with Crippen molar-refractivity contribution < 1.29 is 9.90 Å². The summed E-state index contributed by atoms with van der Waals surface area (Å²) in [6.45, 7) is 2.24. The highest BCUT2D eigenvalue weighted by Crippen LogP contribution is 2.06. The van der Waals surface area contributed by atoms with Crippen molar-refractivity contribution in [2.75, 3.05) is 0 Å². The Balaban J connectivity index is 3.19. The van der Waals surface area contributed by atoms with Crippen molar-refractivity contribution in [1.29, 1.82) is 0 Å².